The van der Waals surface area contributed by atoms with Crippen LogP contribution in [-0.2, 0) is 0 Å². The van der Waals surface area contributed by atoms with Gasteiger partial charge in [-0.25, -0.2) is 15.0 Å². The molecule has 2 N–H and O–H groups in total. The Morgan fingerprint density at radius 1 is 1.45 bits per heavy atom. The second kappa shape index (κ2) is 8.04. The van der Waals surface area contributed by atoms with Crippen molar-refractivity contribution < 1.29 is 4.79 Å². The number of carbonyl (C=O) groups excluding carboxylic acids is 1. The lowest BCUT2D eigenvalue weighted by Gasteiger charge is -2.03. The van der Waals surface area contributed by atoms with Crippen molar-refractivity contribution in [3.63, 3.8) is 0 Å². The minimum Gasteiger partial charge on any atom is -0.347 e. The van der Waals surface area contributed by atoms with E-state index in [1.54, 1.807) is 17.6 Å². The molecule has 0 aliphatic carbocycles. The molecule has 7 heteroatoms. The van der Waals surface area contributed by atoms with Crippen LogP contribution in [0.25, 0.3) is 0 Å². The summed E-state index contributed by atoms with van der Waals surface area (Å²) in [6.45, 7) is 4.41. The van der Waals surface area contributed by atoms with E-state index >= 15 is 0 Å². The normalized spacial score (nSPS) is 11.6. The van der Waals surface area contributed by atoms with E-state index in [1.165, 1.54) is 17.7 Å². The van der Waals surface area contributed by atoms with Crippen molar-refractivity contribution in [3.8, 4) is 0 Å². The Bertz CT molecular complexity index is 678. The molecule has 0 fully saturated rings. The third-order valence-corrected chi connectivity index (χ3v) is 3.41. The molecule has 0 spiro atoms. The van der Waals surface area contributed by atoms with Crippen LogP contribution >= 0.6 is 11.3 Å². The summed E-state index contributed by atoms with van der Waals surface area (Å²) in [7, 11) is 0. The van der Waals surface area contributed by atoms with Crippen LogP contribution in [0.3, 0.4) is 0 Å². The van der Waals surface area contributed by atoms with Gasteiger partial charge < -0.3 is 10.6 Å². The first-order valence-electron chi connectivity index (χ1n) is 6.74. The van der Waals surface area contributed by atoms with E-state index in [0.29, 0.717) is 23.2 Å². The Labute approximate surface area is 133 Å². The van der Waals surface area contributed by atoms with Gasteiger partial charge in [0.15, 0.2) is 5.13 Å². The molecule has 0 aromatic carbocycles. The lowest BCUT2D eigenvalue weighted by molar-refractivity contribution is 0.0953. The van der Waals surface area contributed by atoms with Gasteiger partial charge >= 0.3 is 0 Å². The second-order valence-electron chi connectivity index (χ2n) is 4.48. The molecule has 114 valence electrons. The Kier molecular flexibility index (Phi) is 5.79. The molecule has 2 heterocycles. The number of rotatable bonds is 6. The van der Waals surface area contributed by atoms with Gasteiger partial charge in [-0.05, 0) is 19.9 Å². The second-order valence-corrected chi connectivity index (χ2v) is 5.34. The van der Waals surface area contributed by atoms with E-state index in [1.807, 2.05) is 32.1 Å². The number of amides is 1. The molecule has 2 aromatic heterocycles. The Morgan fingerprint density at radius 2 is 2.32 bits per heavy atom. The highest BCUT2D eigenvalue weighted by Gasteiger charge is 2.10. The molecule has 2 aromatic rings. The van der Waals surface area contributed by atoms with Gasteiger partial charge in [-0.1, -0.05) is 23.8 Å². The van der Waals surface area contributed by atoms with Crippen molar-refractivity contribution in [1.29, 1.82) is 0 Å². The van der Waals surface area contributed by atoms with Gasteiger partial charge in [0.1, 0.15) is 17.8 Å². The Hall–Kier alpha value is -2.54. The maximum Gasteiger partial charge on any atom is 0.271 e. The number of carbonyl (C=O) groups is 1. The maximum absolute atomic E-state index is 12.0. The van der Waals surface area contributed by atoms with Crippen LogP contribution in [0.5, 0.6) is 0 Å². The highest BCUT2D eigenvalue weighted by Crippen LogP contribution is 2.19. The summed E-state index contributed by atoms with van der Waals surface area (Å²) in [5.41, 5.74) is 1.46. The number of hydrogen-bond donors (Lipinski definition) is 2. The van der Waals surface area contributed by atoms with Gasteiger partial charge in [0, 0.05) is 18.1 Å². The summed E-state index contributed by atoms with van der Waals surface area (Å²) in [6.07, 6.45) is 8.92. The Balaban J connectivity index is 1.92. The van der Waals surface area contributed by atoms with Crippen molar-refractivity contribution in [3.05, 3.63) is 53.5 Å². The minimum absolute atomic E-state index is 0.194. The highest BCUT2D eigenvalue weighted by atomic mass is 32.1. The van der Waals surface area contributed by atoms with Gasteiger partial charge in [-0.3, -0.25) is 4.79 Å². The molecular formula is C15H17N5OS. The molecular weight excluding hydrogens is 298 g/mol. The smallest absolute Gasteiger partial charge is 0.271 e. The van der Waals surface area contributed by atoms with E-state index in [0.717, 1.165) is 5.57 Å². The standard InChI is InChI=1S/C15H17N5OS/c1-3-4-5-11(2)8-17-14(21)12-9-22-15(19-12)20-13-6-7-16-10-18-13/h3-7,9-10H,8H2,1-2H3,(H,17,21)(H,16,18,19,20)/b4-3-,11-5+. The number of allylic oxidation sites excluding steroid dienone is 3. The van der Waals surface area contributed by atoms with Crippen molar-refractivity contribution in [2.45, 2.75) is 13.8 Å². The molecule has 0 unspecified atom stereocenters. The molecule has 0 radical (unpaired) electrons. The molecule has 22 heavy (non-hydrogen) atoms. The molecule has 2 rings (SSSR count). The largest absolute Gasteiger partial charge is 0.347 e. The zero-order chi connectivity index (χ0) is 15.8. The SMILES string of the molecule is C/C=C\C=C(/C)CNC(=O)c1csc(Nc2ccncn2)n1. The molecule has 0 aliphatic heterocycles. The summed E-state index contributed by atoms with van der Waals surface area (Å²) < 4.78 is 0. The lowest BCUT2D eigenvalue weighted by atomic mass is 10.2. The molecule has 6 nitrogen and oxygen atoms in total. The zero-order valence-corrected chi connectivity index (χ0v) is 13.2. The van der Waals surface area contributed by atoms with Gasteiger partial charge in [0.25, 0.3) is 5.91 Å². The third kappa shape index (κ3) is 4.78. The lowest BCUT2D eigenvalue weighted by Crippen LogP contribution is -2.25. The van der Waals surface area contributed by atoms with E-state index in [4.69, 9.17) is 0 Å². The summed E-state index contributed by atoms with van der Waals surface area (Å²) in [6, 6.07) is 1.73. The van der Waals surface area contributed by atoms with Gasteiger partial charge in [-0.15, -0.1) is 11.3 Å². The van der Waals surface area contributed by atoms with E-state index in [-0.39, 0.29) is 5.91 Å². The zero-order valence-electron chi connectivity index (χ0n) is 12.4. The van der Waals surface area contributed by atoms with E-state index in [9.17, 15) is 4.79 Å². The Morgan fingerprint density at radius 3 is 3.05 bits per heavy atom. The predicted octanol–water partition coefficient (Wildman–Crippen LogP) is 2.93. The first-order chi connectivity index (χ1) is 10.7. The molecule has 0 saturated heterocycles. The number of nitrogens with zero attached hydrogens (tertiary/aromatic N) is 3. The van der Waals surface area contributed by atoms with Gasteiger partial charge in [0.05, 0.1) is 0 Å². The van der Waals surface area contributed by atoms with E-state index < -0.39 is 0 Å². The minimum atomic E-state index is -0.194. The van der Waals surface area contributed by atoms with Crippen LogP contribution in [-0.4, -0.2) is 27.4 Å². The first kappa shape index (κ1) is 15.8. The summed E-state index contributed by atoms with van der Waals surface area (Å²) in [4.78, 5) is 24.2. The fourth-order valence-electron chi connectivity index (χ4n) is 1.54. The van der Waals surface area contributed by atoms with Crippen LogP contribution in [0.15, 0.2) is 47.8 Å². The monoisotopic (exact) mass is 315 g/mol. The average Bonchev–Trinajstić information content (AvgIpc) is 3.00. The molecule has 0 aliphatic rings. The summed E-state index contributed by atoms with van der Waals surface area (Å²) >= 11 is 1.35. The van der Waals surface area contributed by atoms with E-state index in [2.05, 4.69) is 25.6 Å². The van der Waals surface area contributed by atoms with Crippen molar-refractivity contribution in [1.82, 2.24) is 20.3 Å². The number of nitrogens with one attached hydrogen (secondary N) is 2. The van der Waals surface area contributed by atoms with Crippen LogP contribution in [0.1, 0.15) is 24.3 Å². The van der Waals surface area contributed by atoms with Crippen molar-refractivity contribution in [2.24, 2.45) is 0 Å². The summed E-state index contributed by atoms with van der Waals surface area (Å²) in [5.74, 6) is 0.446. The average molecular weight is 315 g/mol. The molecule has 0 saturated carbocycles. The van der Waals surface area contributed by atoms with Crippen LogP contribution < -0.4 is 10.6 Å². The fraction of sp³-hybridized carbons (Fsp3) is 0.200. The maximum atomic E-state index is 12.0. The highest BCUT2D eigenvalue weighted by molar-refractivity contribution is 7.14. The number of hydrogen-bond acceptors (Lipinski definition) is 6. The number of thiazole rings is 1. The van der Waals surface area contributed by atoms with Crippen molar-refractivity contribution in [2.75, 3.05) is 11.9 Å². The first-order valence-corrected chi connectivity index (χ1v) is 7.62. The quantitative estimate of drug-likeness (QED) is 0.801. The number of anilines is 2. The number of aromatic nitrogens is 3. The predicted molar refractivity (Wildman–Crippen MR) is 88.3 cm³/mol. The topological polar surface area (TPSA) is 79.8 Å². The molecule has 0 atom stereocenters. The fourth-order valence-corrected chi connectivity index (χ4v) is 2.24. The molecule has 1 amide bonds. The van der Waals surface area contributed by atoms with Crippen LogP contribution in [0, 0.1) is 0 Å². The third-order valence-electron chi connectivity index (χ3n) is 2.65. The van der Waals surface area contributed by atoms with Gasteiger partial charge in [0.2, 0.25) is 0 Å². The van der Waals surface area contributed by atoms with Crippen LogP contribution in [0.2, 0.25) is 0 Å². The van der Waals surface area contributed by atoms with Crippen molar-refractivity contribution >= 4 is 28.2 Å². The summed E-state index contributed by atoms with van der Waals surface area (Å²) in [5, 5.41) is 8.19. The van der Waals surface area contributed by atoms with Crippen LogP contribution in [0.4, 0.5) is 10.9 Å². The molecule has 0 bridgehead atoms. The van der Waals surface area contributed by atoms with Gasteiger partial charge in [-0.2, -0.15) is 0 Å².